The molecule has 4 rings (SSSR count). The molecule has 0 fully saturated rings. The number of nitrogens with zero attached hydrogens (tertiary/aromatic N) is 2. The van der Waals surface area contributed by atoms with Crippen LogP contribution in [0, 0.1) is 6.92 Å². The number of nitrogens with two attached hydrogens (primary N) is 1. The van der Waals surface area contributed by atoms with Gasteiger partial charge in [0.15, 0.2) is 5.82 Å². The number of imidazole rings is 1. The van der Waals surface area contributed by atoms with Gasteiger partial charge in [0, 0.05) is 5.56 Å². The Hall–Kier alpha value is -3.08. The van der Waals surface area contributed by atoms with Crippen LogP contribution in [-0.4, -0.2) is 20.2 Å². The van der Waals surface area contributed by atoms with Crippen molar-refractivity contribution in [2.75, 3.05) is 5.73 Å². The highest BCUT2D eigenvalue weighted by Crippen LogP contribution is 2.34. The van der Waals surface area contributed by atoms with Crippen molar-refractivity contribution in [3.63, 3.8) is 0 Å². The molecule has 0 radical (unpaired) electrons. The Labute approximate surface area is 127 Å². The Morgan fingerprint density at radius 3 is 2.55 bits per heavy atom. The molecule has 0 atom stereocenters. The largest absolute Gasteiger partial charge is 0.382 e. The number of nitrogen functional groups attached to an aromatic ring is 1. The van der Waals surface area contributed by atoms with Crippen LogP contribution in [0.15, 0.2) is 48.5 Å². The monoisotopic (exact) mass is 289 g/mol. The van der Waals surface area contributed by atoms with Crippen molar-refractivity contribution in [1.29, 1.82) is 0 Å². The van der Waals surface area contributed by atoms with E-state index >= 15 is 0 Å². The first-order valence-electron chi connectivity index (χ1n) is 7.08. The summed E-state index contributed by atoms with van der Waals surface area (Å²) in [6, 6.07) is 16.1. The number of hydrogen-bond acceptors (Lipinski definition) is 3. The lowest BCUT2D eigenvalue weighted by Gasteiger charge is -2.02. The average Bonchev–Trinajstić information content (AvgIpc) is 3.11. The van der Waals surface area contributed by atoms with E-state index in [-0.39, 0.29) is 0 Å². The zero-order valence-electron chi connectivity index (χ0n) is 12.1. The van der Waals surface area contributed by atoms with Gasteiger partial charge in [-0.15, -0.1) is 0 Å². The number of rotatable bonds is 2. The van der Waals surface area contributed by atoms with Gasteiger partial charge < -0.3 is 10.7 Å². The molecular formula is C17H15N5. The maximum atomic E-state index is 6.06. The summed E-state index contributed by atoms with van der Waals surface area (Å²) in [6.07, 6.45) is 0. The predicted octanol–water partition coefficient (Wildman–Crippen LogP) is 3.51. The molecule has 4 aromatic rings. The van der Waals surface area contributed by atoms with Gasteiger partial charge >= 0.3 is 0 Å². The normalized spacial score (nSPS) is 11.1. The zero-order chi connectivity index (χ0) is 15.1. The van der Waals surface area contributed by atoms with Gasteiger partial charge in [0.25, 0.3) is 0 Å². The Bertz CT molecular complexity index is 914. The van der Waals surface area contributed by atoms with E-state index in [1.807, 2.05) is 24.3 Å². The summed E-state index contributed by atoms with van der Waals surface area (Å²) < 4.78 is 0. The van der Waals surface area contributed by atoms with Crippen LogP contribution in [0.4, 0.5) is 5.82 Å². The number of fused-ring (bicyclic) bond motifs is 1. The van der Waals surface area contributed by atoms with Crippen molar-refractivity contribution in [2.24, 2.45) is 0 Å². The maximum absolute atomic E-state index is 6.06. The van der Waals surface area contributed by atoms with Gasteiger partial charge in [0.2, 0.25) is 0 Å². The van der Waals surface area contributed by atoms with E-state index in [4.69, 9.17) is 5.73 Å². The molecule has 2 heterocycles. The molecule has 0 bridgehead atoms. The molecule has 2 aromatic heterocycles. The van der Waals surface area contributed by atoms with Crippen molar-refractivity contribution in [3.05, 3.63) is 54.1 Å². The fraction of sp³-hybridized carbons (Fsp3) is 0.0588. The first-order chi connectivity index (χ1) is 10.7. The Morgan fingerprint density at radius 2 is 1.77 bits per heavy atom. The molecule has 2 aromatic carbocycles. The van der Waals surface area contributed by atoms with Crippen molar-refractivity contribution in [2.45, 2.75) is 6.92 Å². The van der Waals surface area contributed by atoms with Crippen LogP contribution in [0.3, 0.4) is 0 Å². The van der Waals surface area contributed by atoms with E-state index in [1.165, 1.54) is 5.56 Å². The first kappa shape index (κ1) is 12.6. The van der Waals surface area contributed by atoms with E-state index in [2.05, 4.69) is 51.4 Å². The first-order valence-corrected chi connectivity index (χ1v) is 7.08. The summed E-state index contributed by atoms with van der Waals surface area (Å²) in [7, 11) is 0. The number of aromatic amines is 2. The maximum Gasteiger partial charge on any atom is 0.156 e. The van der Waals surface area contributed by atoms with E-state index in [0.717, 1.165) is 33.7 Å². The third kappa shape index (κ3) is 1.95. The van der Waals surface area contributed by atoms with E-state index in [9.17, 15) is 0 Å². The van der Waals surface area contributed by atoms with Crippen molar-refractivity contribution >= 4 is 16.9 Å². The highest BCUT2D eigenvalue weighted by atomic mass is 15.2. The second-order valence-corrected chi connectivity index (χ2v) is 5.33. The van der Waals surface area contributed by atoms with Crippen LogP contribution in [0.2, 0.25) is 0 Å². The third-order valence-corrected chi connectivity index (χ3v) is 3.76. The fourth-order valence-corrected chi connectivity index (χ4v) is 2.60. The topological polar surface area (TPSA) is 83.4 Å². The lowest BCUT2D eigenvalue weighted by Crippen LogP contribution is -1.90. The van der Waals surface area contributed by atoms with Gasteiger partial charge in [-0.05, 0) is 19.1 Å². The molecule has 0 spiro atoms. The minimum atomic E-state index is 0.439. The number of anilines is 1. The molecule has 108 valence electrons. The van der Waals surface area contributed by atoms with Gasteiger partial charge in [0.1, 0.15) is 5.82 Å². The summed E-state index contributed by atoms with van der Waals surface area (Å²) in [5.41, 5.74) is 11.9. The van der Waals surface area contributed by atoms with Crippen LogP contribution < -0.4 is 5.73 Å². The van der Waals surface area contributed by atoms with Crippen LogP contribution >= 0.6 is 0 Å². The van der Waals surface area contributed by atoms with Gasteiger partial charge in [-0.3, -0.25) is 5.10 Å². The third-order valence-electron chi connectivity index (χ3n) is 3.76. The summed E-state index contributed by atoms with van der Waals surface area (Å²) in [4.78, 5) is 7.93. The molecule has 0 saturated carbocycles. The van der Waals surface area contributed by atoms with Crippen LogP contribution in [0.25, 0.3) is 33.7 Å². The second-order valence-electron chi connectivity index (χ2n) is 5.33. The van der Waals surface area contributed by atoms with Gasteiger partial charge in [-0.2, -0.15) is 5.10 Å². The van der Waals surface area contributed by atoms with Crippen LogP contribution in [0.1, 0.15) is 5.56 Å². The second kappa shape index (κ2) is 4.73. The highest BCUT2D eigenvalue weighted by molar-refractivity contribution is 5.88. The Kier molecular flexibility index (Phi) is 2.72. The van der Waals surface area contributed by atoms with E-state index < -0.39 is 0 Å². The van der Waals surface area contributed by atoms with Gasteiger partial charge in [0.05, 0.1) is 22.3 Å². The molecule has 0 aliphatic carbocycles. The molecule has 0 aliphatic heterocycles. The van der Waals surface area contributed by atoms with Crippen molar-refractivity contribution < 1.29 is 0 Å². The number of para-hydroxylation sites is 2. The minimum absolute atomic E-state index is 0.439. The van der Waals surface area contributed by atoms with Crippen LogP contribution in [-0.2, 0) is 0 Å². The predicted molar refractivity (Wildman–Crippen MR) is 88.3 cm³/mol. The Balaban J connectivity index is 1.91. The van der Waals surface area contributed by atoms with Gasteiger partial charge in [-0.25, -0.2) is 4.98 Å². The number of aromatic nitrogens is 4. The number of nitrogens with one attached hydrogen (secondary N) is 2. The summed E-state index contributed by atoms with van der Waals surface area (Å²) in [5, 5.41) is 7.17. The van der Waals surface area contributed by atoms with Crippen molar-refractivity contribution in [3.8, 4) is 22.6 Å². The SMILES string of the molecule is Cc1ccc(-c2[nH]nc(N)c2-c2nc3ccccc3[nH]2)cc1. The Morgan fingerprint density at radius 1 is 1.00 bits per heavy atom. The molecule has 0 amide bonds. The quantitative estimate of drug-likeness (QED) is 0.528. The summed E-state index contributed by atoms with van der Waals surface area (Å²) in [6.45, 7) is 2.06. The van der Waals surface area contributed by atoms with Gasteiger partial charge in [-0.1, -0.05) is 42.0 Å². The molecule has 0 aliphatic rings. The molecule has 22 heavy (non-hydrogen) atoms. The summed E-state index contributed by atoms with van der Waals surface area (Å²) >= 11 is 0. The number of aryl methyl sites for hydroxylation is 1. The zero-order valence-corrected chi connectivity index (χ0v) is 12.1. The standard InChI is InChI=1S/C17H15N5/c1-10-6-8-11(9-7-10)15-14(16(18)22-21-15)17-19-12-4-2-3-5-13(12)20-17/h2-9H,1H3,(H,19,20)(H3,18,21,22). The fourth-order valence-electron chi connectivity index (χ4n) is 2.60. The van der Waals surface area contributed by atoms with E-state index in [1.54, 1.807) is 0 Å². The van der Waals surface area contributed by atoms with Crippen LogP contribution in [0.5, 0.6) is 0 Å². The smallest absolute Gasteiger partial charge is 0.156 e. The molecule has 5 heteroatoms. The highest BCUT2D eigenvalue weighted by Gasteiger charge is 2.17. The molecule has 4 N–H and O–H groups in total. The number of benzene rings is 2. The molecular weight excluding hydrogens is 274 g/mol. The lowest BCUT2D eigenvalue weighted by molar-refractivity contribution is 1.10. The number of hydrogen-bond donors (Lipinski definition) is 3. The minimum Gasteiger partial charge on any atom is -0.382 e. The average molecular weight is 289 g/mol. The van der Waals surface area contributed by atoms with Crippen molar-refractivity contribution in [1.82, 2.24) is 20.2 Å². The molecule has 0 unspecified atom stereocenters. The lowest BCUT2D eigenvalue weighted by atomic mass is 10.1. The molecule has 5 nitrogen and oxygen atoms in total. The molecule has 0 saturated heterocycles. The summed E-state index contributed by atoms with van der Waals surface area (Å²) in [5.74, 6) is 1.16. The van der Waals surface area contributed by atoms with E-state index in [0.29, 0.717) is 5.82 Å². The number of H-pyrrole nitrogens is 2.